The number of nitrogens with one attached hydrogen (secondary N) is 1. The van der Waals surface area contributed by atoms with Crippen molar-refractivity contribution < 1.29 is 4.39 Å². The van der Waals surface area contributed by atoms with Gasteiger partial charge in [0.2, 0.25) is 0 Å². The Hall–Kier alpha value is -0.780. The van der Waals surface area contributed by atoms with Crippen molar-refractivity contribution in [2.24, 2.45) is 0 Å². The van der Waals surface area contributed by atoms with Crippen LogP contribution < -0.4 is 5.32 Å². The zero-order valence-electron chi connectivity index (χ0n) is 11.6. The van der Waals surface area contributed by atoms with E-state index in [0.717, 1.165) is 35.7 Å². The summed E-state index contributed by atoms with van der Waals surface area (Å²) in [6, 6.07) is 5.46. The predicted molar refractivity (Wildman–Crippen MR) is 85.8 cm³/mol. The molecule has 1 unspecified atom stereocenters. The van der Waals surface area contributed by atoms with Gasteiger partial charge in [-0.25, -0.2) is 9.37 Å². The van der Waals surface area contributed by atoms with Gasteiger partial charge in [0.1, 0.15) is 5.82 Å². The van der Waals surface area contributed by atoms with E-state index in [1.54, 1.807) is 17.4 Å². The number of rotatable bonds is 6. The van der Waals surface area contributed by atoms with Crippen LogP contribution in [0.5, 0.6) is 0 Å². The lowest BCUT2D eigenvalue weighted by atomic mass is 10.0. The van der Waals surface area contributed by atoms with Crippen molar-refractivity contribution in [1.29, 1.82) is 0 Å². The molecule has 1 aromatic carbocycles. The molecule has 20 heavy (non-hydrogen) atoms. The zero-order valence-corrected chi connectivity index (χ0v) is 14.0. The summed E-state index contributed by atoms with van der Waals surface area (Å²) < 4.78 is 14.1. The number of likely N-dealkylation sites (N-methyl/N-ethyl adjacent to an activating group) is 1. The standard InChI is InChI=1S/C15H18BrFN2S/c1-3-18-12(8-14-19-10(2)9-20-14)7-11-5-4-6-13(17)15(11)16/h4-6,9,12,18H,3,7-8H2,1-2H3. The van der Waals surface area contributed by atoms with E-state index < -0.39 is 0 Å². The SMILES string of the molecule is CCNC(Cc1nc(C)cs1)Cc1cccc(F)c1Br. The molecule has 5 heteroatoms. The molecule has 1 atom stereocenters. The monoisotopic (exact) mass is 356 g/mol. The van der Waals surface area contributed by atoms with Gasteiger partial charge in [-0.1, -0.05) is 19.1 Å². The van der Waals surface area contributed by atoms with E-state index in [2.05, 4.69) is 38.5 Å². The molecule has 1 aromatic heterocycles. The molecule has 0 radical (unpaired) electrons. The van der Waals surface area contributed by atoms with E-state index in [0.29, 0.717) is 4.47 Å². The molecule has 2 rings (SSSR count). The molecule has 0 spiro atoms. The molecule has 0 bridgehead atoms. The van der Waals surface area contributed by atoms with E-state index in [9.17, 15) is 4.39 Å². The summed E-state index contributed by atoms with van der Waals surface area (Å²) >= 11 is 5.02. The van der Waals surface area contributed by atoms with Gasteiger partial charge >= 0.3 is 0 Å². The number of aromatic nitrogens is 1. The summed E-state index contributed by atoms with van der Waals surface area (Å²) in [5, 5.41) is 6.65. The number of nitrogens with zero attached hydrogens (tertiary/aromatic N) is 1. The zero-order chi connectivity index (χ0) is 14.5. The van der Waals surface area contributed by atoms with Gasteiger partial charge in [0.05, 0.1) is 9.48 Å². The maximum absolute atomic E-state index is 13.6. The number of hydrogen-bond donors (Lipinski definition) is 1. The van der Waals surface area contributed by atoms with Gasteiger partial charge in [0.15, 0.2) is 0 Å². The second-order valence-electron chi connectivity index (χ2n) is 4.76. The van der Waals surface area contributed by atoms with Crippen molar-refractivity contribution in [3.8, 4) is 0 Å². The number of halogens is 2. The molecule has 0 saturated carbocycles. The number of benzene rings is 1. The van der Waals surface area contributed by atoms with Crippen LogP contribution in [-0.4, -0.2) is 17.6 Å². The van der Waals surface area contributed by atoms with Crippen molar-refractivity contribution in [3.05, 3.63) is 50.1 Å². The summed E-state index contributed by atoms with van der Waals surface area (Å²) in [5.74, 6) is -0.206. The van der Waals surface area contributed by atoms with Crippen LogP contribution in [0.2, 0.25) is 0 Å². The first-order chi connectivity index (χ1) is 9.60. The van der Waals surface area contributed by atoms with Crippen molar-refractivity contribution in [2.75, 3.05) is 6.54 Å². The molecular weight excluding hydrogens is 339 g/mol. The minimum absolute atomic E-state index is 0.206. The quantitative estimate of drug-likeness (QED) is 0.841. The maximum atomic E-state index is 13.6. The van der Waals surface area contributed by atoms with Gasteiger partial charge in [0.25, 0.3) is 0 Å². The third kappa shape index (κ3) is 4.11. The van der Waals surface area contributed by atoms with E-state index >= 15 is 0 Å². The fourth-order valence-electron chi connectivity index (χ4n) is 2.18. The second kappa shape index (κ2) is 7.29. The fourth-order valence-corrected chi connectivity index (χ4v) is 3.46. The second-order valence-corrected chi connectivity index (χ2v) is 6.49. The van der Waals surface area contributed by atoms with Gasteiger partial charge < -0.3 is 5.32 Å². The molecule has 2 nitrogen and oxygen atoms in total. The van der Waals surface area contributed by atoms with Gasteiger partial charge in [-0.2, -0.15) is 0 Å². The predicted octanol–water partition coefficient (Wildman–Crippen LogP) is 4.12. The van der Waals surface area contributed by atoms with Crippen LogP contribution in [0.25, 0.3) is 0 Å². The molecule has 0 amide bonds. The minimum Gasteiger partial charge on any atom is -0.314 e. The van der Waals surface area contributed by atoms with E-state index in [1.165, 1.54) is 6.07 Å². The molecule has 0 aliphatic carbocycles. The van der Waals surface area contributed by atoms with Crippen LogP contribution in [-0.2, 0) is 12.8 Å². The highest BCUT2D eigenvalue weighted by Gasteiger charge is 2.14. The molecule has 1 N–H and O–H groups in total. The Morgan fingerprint density at radius 2 is 2.20 bits per heavy atom. The Morgan fingerprint density at radius 3 is 2.85 bits per heavy atom. The summed E-state index contributed by atoms with van der Waals surface area (Å²) in [6.07, 6.45) is 1.65. The Bertz CT molecular complexity index is 571. The summed E-state index contributed by atoms with van der Waals surface area (Å²) in [6.45, 7) is 4.98. The van der Waals surface area contributed by atoms with Crippen molar-refractivity contribution in [1.82, 2.24) is 10.3 Å². The molecule has 0 aliphatic rings. The lowest BCUT2D eigenvalue weighted by Crippen LogP contribution is -2.33. The molecule has 0 aliphatic heterocycles. The van der Waals surface area contributed by atoms with Gasteiger partial charge in [-0.3, -0.25) is 0 Å². The fraction of sp³-hybridized carbons (Fsp3) is 0.400. The Labute approximate surface area is 131 Å². The van der Waals surface area contributed by atoms with Gasteiger partial charge in [-0.15, -0.1) is 11.3 Å². The van der Waals surface area contributed by atoms with Crippen LogP contribution >= 0.6 is 27.3 Å². The van der Waals surface area contributed by atoms with Crippen LogP contribution in [0.3, 0.4) is 0 Å². The molecule has 0 fully saturated rings. The van der Waals surface area contributed by atoms with Crippen LogP contribution in [0.1, 0.15) is 23.2 Å². The largest absolute Gasteiger partial charge is 0.314 e. The van der Waals surface area contributed by atoms with Crippen LogP contribution in [0.4, 0.5) is 4.39 Å². The highest BCUT2D eigenvalue weighted by molar-refractivity contribution is 9.10. The van der Waals surface area contributed by atoms with Crippen molar-refractivity contribution in [3.63, 3.8) is 0 Å². The van der Waals surface area contributed by atoms with Gasteiger partial charge in [0, 0.05) is 23.5 Å². The number of thiazole rings is 1. The highest BCUT2D eigenvalue weighted by atomic mass is 79.9. The van der Waals surface area contributed by atoms with Crippen molar-refractivity contribution >= 4 is 27.3 Å². The van der Waals surface area contributed by atoms with Crippen molar-refractivity contribution in [2.45, 2.75) is 32.7 Å². The summed E-state index contributed by atoms with van der Waals surface area (Å²) in [7, 11) is 0. The first-order valence-electron chi connectivity index (χ1n) is 6.67. The maximum Gasteiger partial charge on any atom is 0.137 e. The van der Waals surface area contributed by atoms with E-state index in [-0.39, 0.29) is 11.9 Å². The number of aryl methyl sites for hydroxylation is 1. The number of hydrogen-bond acceptors (Lipinski definition) is 3. The highest BCUT2D eigenvalue weighted by Crippen LogP contribution is 2.23. The molecular formula is C15H18BrFN2S. The van der Waals surface area contributed by atoms with Gasteiger partial charge in [-0.05, 0) is 47.4 Å². The average molecular weight is 357 g/mol. The lowest BCUT2D eigenvalue weighted by Gasteiger charge is -2.17. The Morgan fingerprint density at radius 1 is 1.40 bits per heavy atom. The third-order valence-corrected chi connectivity index (χ3v) is 4.96. The minimum atomic E-state index is -0.206. The first-order valence-corrected chi connectivity index (χ1v) is 8.34. The van der Waals surface area contributed by atoms with E-state index in [4.69, 9.17) is 0 Å². The van der Waals surface area contributed by atoms with Crippen LogP contribution in [0.15, 0.2) is 28.1 Å². The summed E-state index contributed by atoms with van der Waals surface area (Å²) in [5.41, 5.74) is 2.05. The normalized spacial score (nSPS) is 12.6. The topological polar surface area (TPSA) is 24.9 Å². The van der Waals surface area contributed by atoms with E-state index in [1.807, 2.05) is 13.0 Å². The average Bonchev–Trinajstić information content (AvgIpc) is 2.81. The Kier molecular flexibility index (Phi) is 5.69. The molecule has 0 saturated heterocycles. The third-order valence-electron chi connectivity index (χ3n) is 3.08. The van der Waals surface area contributed by atoms with Crippen LogP contribution in [0, 0.1) is 12.7 Å². The summed E-state index contributed by atoms with van der Waals surface area (Å²) in [4.78, 5) is 4.51. The first kappa shape index (κ1) is 15.6. The molecule has 2 aromatic rings. The molecule has 1 heterocycles. The Balaban J connectivity index is 2.10. The smallest absolute Gasteiger partial charge is 0.137 e. The molecule has 108 valence electrons. The lowest BCUT2D eigenvalue weighted by molar-refractivity contribution is 0.517.